The highest BCUT2D eigenvalue weighted by Crippen LogP contribution is 2.24. The first kappa shape index (κ1) is 22.7. The van der Waals surface area contributed by atoms with Gasteiger partial charge in [-0.2, -0.15) is 0 Å². The van der Waals surface area contributed by atoms with E-state index in [1.807, 2.05) is 36.4 Å². The van der Waals surface area contributed by atoms with E-state index in [2.05, 4.69) is 10.2 Å². The summed E-state index contributed by atoms with van der Waals surface area (Å²) in [6.07, 6.45) is 3.27. The summed E-state index contributed by atoms with van der Waals surface area (Å²) in [5.74, 6) is 2.00. The molecule has 1 aliphatic rings. The second kappa shape index (κ2) is 11.4. The van der Waals surface area contributed by atoms with Crippen molar-refractivity contribution >= 4 is 12.0 Å². The van der Waals surface area contributed by atoms with Crippen LogP contribution in [-0.4, -0.2) is 65.0 Å². The maximum Gasteiger partial charge on any atom is 0.244 e. The molecule has 0 radical (unpaired) electrons. The van der Waals surface area contributed by atoms with E-state index in [1.54, 1.807) is 33.5 Å². The van der Waals surface area contributed by atoms with Crippen molar-refractivity contribution in [2.75, 3.05) is 54.2 Å². The van der Waals surface area contributed by atoms with E-state index < -0.39 is 0 Å². The van der Waals surface area contributed by atoms with Crippen LogP contribution in [0.25, 0.3) is 6.08 Å². The minimum atomic E-state index is -0.159. The quantitative estimate of drug-likeness (QED) is 0.622. The van der Waals surface area contributed by atoms with Crippen LogP contribution in [0.5, 0.6) is 17.2 Å². The number of hydrogen-bond acceptors (Lipinski definition) is 6. The van der Waals surface area contributed by atoms with Gasteiger partial charge >= 0.3 is 0 Å². The van der Waals surface area contributed by atoms with Crippen molar-refractivity contribution in [1.82, 2.24) is 10.2 Å². The van der Waals surface area contributed by atoms with Gasteiger partial charge in [0.25, 0.3) is 0 Å². The summed E-state index contributed by atoms with van der Waals surface area (Å²) >= 11 is 0. The van der Waals surface area contributed by atoms with Crippen LogP contribution in [0.3, 0.4) is 0 Å². The second-order valence-electron chi connectivity index (χ2n) is 7.16. The number of morpholine rings is 1. The molecule has 1 N–H and O–H groups in total. The zero-order valence-electron chi connectivity index (χ0n) is 18.3. The average molecular weight is 427 g/mol. The Morgan fingerprint density at radius 2 is 1.61 bits per heavy atom. The lowest BCUT2D eigenvalue weighted by Gasteiger charge is -2.34. The third-order valence-electron chi connectivity index (χ3n) is 5.26. The fraction of sp³-hybridized carbons (Fsp3) is 0.375. The molecular formula is C24H30N2O5. The lowest BCUT2D eigenvalue weighted by Crippen LogP contribution is -2.43. The number of amides is 1. The largest absolute Gasteiger partial charge is 0.497 e. The van der Waals surface area contributed by atoms with E-state index in [0.29, 0.717) is 31.3 Å². The molecule has 2 aromatic carbocycles. The van der Waals surface area contributed by atoms with Gasteiger partial charge in [0.1, 0.15) is 17.2 Å². The molecule has 0 saturated carbocycles. The van der Waals surface area contributed by atoms with Crippen LogP contribution in [-0.2, 0) is 9.53 Å². The Morgan fingerprint density at radius 3 is 2.19 bits per heavy atom. The SMILES string of the molecule is COc1ccc(C(CNC(=O)/C=C/c2cc(OC)cc(OC)c2)N2CCOCC2)cc1. The van der Waals surface area contributed by atoms with E-state index in [1.165, 1.54) is 6.08 Å². The number of methoxy groups -OCH3 is 3. The van der Waals surface area contributed by atoms with Crippen molar-refractivity contribution < 1.29 is 23.7 Å². The summed E-state index contributed by atoms with van der Waals surface area (Å²) in [6.45, 7) is 3.53. The minimum Gasteiger partial charge on any atom is -0.497 e. The highest BCUT2D eigenvalue weighted by Gasteiger charge is 2.23. The van der Waals surface area contributed by atoms with E-state index in [0.717, 1.165) is 30.0 Å². The van der Waals surface area contributed by atoms with Gasteiger partial charge in [0, 0.05) is 31.8 Å². The highest BCUT2D eigenvalue weighted by atomic mass is 16.5. The maximum absolute atomic E-state index is 12.5. The van der Waals surface area contributed by atoms with Crippen LogP contribution < -0.4 is 19.5 Å². The first-order valence-electron chi connectivity index (χ1n) is 10.3. The summed E-state index contributed by atoms with van der Waals surface area (Å²) in [5, 5.41) is 3.03. The Hall–Kier alpha value is -3.03. The Morgan fingerprint density at radius 1 is 1.00 bits per heavy atom. The van der Waals surface area contributed by atoms with Gasteiger partial charge in [-0.3, -0.25) is 9.69 Å². The standard InChI is InChI=1S/C24H30N2O5/c1-28-20-7-5-19(6-8-20)23(26-10-12-31-13-11-26)17-25-24(27)9-4-18-14-21(29-2)16-22(15-18)30-3/h4-9,14-16,23H,10-13,17H2,1-3H3,(H,25,27)/b9-4+. The number of rotatable bonds is 9. The summed E-state index contributed by atoms with van der Waals surface area (Å²) in [5.41, 5.74) is 1.95. The number of ether oxygens (including phenoxy) is 4. The summed E-state index contributed by atoms with van der Waals surface area (Å²) < 4.78 is 21.3. The van der Waals surface area contributed by atoms with Gasteiger partial charge in [-0.1, -0.05) is 12.1 Å². The lowest BCUT2D eigenvalue weighted by atomic mass is 10.0. The van der Waals surface area contributed by atoms with Gasteiger partial charge in [0.15, 0.2) is 0 Å². The predicted octanol–water partition coefficient (Wildman–Crippen LogP) is 2.92. The topological polar surface area (TPSA) is 69.3 Å². The van der Waals surface area contributed by atoms with Gasteiger partial charge in [0.05, 0.1) is 40.6 Å². The van der Waals surface area contributed by atoms with Gasteiger partial charge < -0.3 is 24.3 Å². The Bertz CT molecular complexity index is 854. The van der Waals surface area contributed by atoms with Crippen molar-refractivity contribution in [3.63, 3.8) is 0 Å². The van der Waals surface area contributed by atoms with Crippen LogP contribution in [0, 0.1) is 0 Å². The molecule has 0 bridgehead atoms. The molecule has 1 atom stereocenters. The molecule has 7 nitrogen and oxygen atoms in total. The first-order valence-corrected chi connectivity index (χ1v) is 10.3. The fourth-order valence-electron chi connectivity index (χ4n) is 3.53. The molecule has 1 heterocycles. The number of carbonyl (C=O) groups is 1. The Kier molecular flexibility index (Phi) is 8.32. The summed E-state index contributed by atoms with van der Waals surface area (Å²) in [7, 11) is 4.85. The van der Waals surface area contributed by atoms with E-state index in [9.17, 15) is 4.79 Å². The van der Waals surface area contributed by atoms with Crippen molar-refractivity contribution in [3.8, 4) is 17.2 Å². The zero-order valence-corrected chi connectivity index (χ0v) is 18.3. The van der Waals surface area contributed by atoms with Crippen LogP contribution in [0.4, 0.5) is 0 Å². The molecule has 1 unspecified atom stereocenters. The van der Waals surface area contributed by atoms with Crippen LogP contribution in [0.2, 0.25) is 0 Å². The molecule has 1 fully saturated rings. The van der Waals surface area contributed by atoms with Gasteiger partial charge in [-0.05, 0) is 41.5 Å². The average Bonchev–Trinajstić information content (AvgIpc) is 2.83. The molecule has 0 spiro atoms. The van der Waals surface area contributed by atoms with E-state index in [-0.39, 0.29) is 11.9 Å². The van der Waals surface area contributed by atoms with Gasteiger partial charge in [-0.25, -0.2) is 0 Å². The van der Waals surface area contributed by atoms with Crippen molar-refractivity contribution in [1.29, 1.82) is 0 Å². The fourth-order valence-corrected chi connectivity index (χ4v) is 3.53. The normalized spacial score (nSPS) is 15.5. The number of benzene rings is 2. The molecular weight excluding hydrogens is 396 g/mol. The molecule has 3 rings (SSSR count). The number of carbonyl (C=O) groups excluding carboxylic acids is 1. The maximum atomic E-state index is 12.5. The van der Waals surface area contributed by atoms with Crippen LogP contribution in [0.15, 0.2) is 48.5 Å². The summed E-state index contributed by atoms with van der Waals surface area (Å²) in [6, 6.07) is 13.5. The lowest BCUT2D eigenvalue weighted by molar-refractivity contribution is -0.116. The molecule has 1 amide bonds. The van der Waals surface area contributed by atoms with E-state index >= 15 is 0 Å². The number of nitrogens with zero attached hydrogens (tertiary/aromatic N) is 1. The number of hydrogen-bond donors (Lipinski definition) is 1. The predicted molar refractivity (Wildman–Crippen MR) is 120 cm³/mol. The van der Waals surface area contributed by atoms with Crippen molar-refractivity contribution in [3.05, 3.63) is 59.7 Å². The second-order valence-corrected chi connectivity index (χ2v) is 7.16. The third-order valence-corrected chi connectivity index (χ3v) is 5.26. The molecule has 31 heavy (non-hydrogen) atoms. The summed E-state index contributed by atoms with van der Waals surface area (Å²) in [4.78, 5) is 14.9. The molecule has 166 valence electrons. The molecule has 2 aromatic rings. The third kappa shape index (κ3) is 6.47. The van der Waals surface area contributed by atoms with Gasteiger partial charge in [0.2, 0.25) is 5.91 Å². The van der Waals surface area contributed by atoms with Crippen LogP contribution in [0.1, 0.15) is 17.2 Å². The first-order chi connectivity index (χ1) is 15.1. The molecule has 1 aliphatic heterocycles. The van der Waals surface area contributed by atoms with Crippen molar-refractivity contribution in [2.24, 2.45) is 0 Å². The van der Waals surface area contributed by atoms with Crippen LogP contribution >= 0.6 is 0 Å². The number of nitrogens with one attached hydrogen (secondary N) is 1. The van der Waals surface area contributed by atoms with Crippen molar-refractivity contribution in [2.45, 2.75) is 6.04 Å². The molecule has 0 aliphatic carbocycles. The van der Waals surface area contributed by atoms with Gasteiger partial charge in [-0.15, -0.1) is 0 Å². The monoisotopic (exact) mass is 426 g/mol. The highest BCUT2D eigenvalue weighted by molar-refractivity contribution is 5.91. The minimum absolute atomic E-state index is 0.0593. The van der Waals surface area contributed by atoms with E-state index in [4.69, 9.17) is 18.9 Å². The molecule has 1 saturated heterocycles. The zero-order chi connectivity index (χ0) is 22.1. The molecule has 7 heteroatoms. The molecule has 0 aromatic heterocycles. The Balaban J connectivity index is 1.67. The Labute approximate surface area is 183 Å². The smallest absolute Gasteiger partial charge is 0.244 e.